The molecule has 0 heterocycles. The number of nitrogens with zero attached hydrogens (tertiary/aromatic N) is 1. The van der Waals surface area contributed by atoms with Crippen LogP contribution in [0.25, 0.3) is 0 Å². The number of hydrogen-bond acceptors (Lipinski definition) is 5. The Kier molecular flexibility index (Phi) is 33.5. The molecular formula is C41H84N2O6P+. The molecule has 0 aromatic heterocycles. The third-order valence-corrected chi connectivity index (χ3v) is 10.5. The van der Waals surface area contributed by atoms with Crippen LogP contribution in [0.4, 0.5) is 0 Å². The first kappa shape index (κ1) is 49.2. The van der Waals surface area contributed by atoms with E-state index in [0.29, 0.717) is 17.4 Å². The SMILES string of the molecule is CCC/C=C/C(O)C(COP(=O)(O)OCC[N+](C)(C)C)NC(=O)CCCCCCCCCCCCCCCCCCCCCCCCCCC. The monoisotopic (exact) mass is 732 g/mol. The van der Waals surface area contributed by atoms with Gasteiger partial charge in [-0.05, 0) is 12.8 Å². The van der Waals surface area contributed by atoms with Crippen LogP contribution in [0.1, 0.15) is 194 Å². The average Bonchev–Trinajstić information content (AvgIpc) is 3.06. The molecule has 0 saturated carbocycles. The summed E-state index contributed by atoms with van der Waals surface area (Å²) >= 11 is 0. The minimum atomic E-state index is -4.31. The molecule has 50 heavy (non-hydrogen) atoms. The van der Waals surface area contributed by atoms with Gasteiger partial charge in [-0.15, -0.1) is 0 Å². The molecule has 9 heteroatoms. The van der Waals surface area contributed by atoms with E-state index >= 15 is 0 Å². The summed E-state index contributed by atoms with van der Waals surface area (Å²) in [5.74, 6) is -0.186. The summed E-state index contributed by atoms with van der Waals surface area (Å²) in [5.41, 5.74) is 0. The van der Waals surface area contributed by atoms with Gasteiger partial charge in [0.2, 0.25) is 5.91 Å². The Morgan fingerprint density at radius 3 is 1.44 bits per heavy atom. The van der Waals surface area contributed by atoms with Crippen LogP contribution in [0, 0.1) is 0 Å². The van der Waals surface area contributed by atoms with Crippen molar-refractivity contribution in [1.29, 1.82) is 0 Å². The number of carbonyl (C=O) groups excluding carboxylic acids is 1. The molecule has 0 aromatic rings. The van der Waals surface area contributed by atoms with Crippen molar-refractivity contribution in [2.24, 2.45) is 0 Å². The standard InChI is InChI=1S/C41H83N2O6P/c1-6-8-10-11-12-13-14-15-16-17-18-19-20-21-22-23-24-25-26-27-28-29-30-31-33-35-41(45)42-39(40(44)34-32-9-7-2)38-49-50(46,47)48-37-36-43(3,4)5/h32,34,39-40,44H,6-31,33,35-38H2,1-5H3,(H-,42,45,46,47)/p+1/b34-32+. The van der Waals surface area contributed by atoms with Gasteiger partial charge in [0.25, 0.3) is 0 Å². The van der Waals surface area contributed by atoms with Crippen LogP contribution in [0.3, 0.4) is 0 Å². The van der Waals surface area contributed by atoms with E-state index in [1.807, 2.05) is 34.1 Å². The normalized spacial score (nSPS) is 14.6. The number of likely N-dealkylation sites (N-methyl/N-ethyl adjacent to an activating group) is 1. The second kappa shape index (κ2) is 34.0. The van der Waals surface area contributed by atoms with Crippen LogP contribution in [0.5, 0.6) is 0 Å². The summed E-state index contributed by atoms with van der Waals surface area (Å²) < 4.78 is 23.2. The topological polar surface area (TPSA) is 105 Å². The van der Waals surface area contributed by atoms with Gasteiger partial charge in [-0.25, -0.2) is 4.57 Å². The number of rotatable bonds is 38. The molecule has 1 amide bonds. The zero-order valence-electron chi connectivity index (χ0n) is 33.7. The zero-order valence-corrected chi connectivity index (χ0v) is 34.5. The maximum atomic E-state index is 12.7. The molecule has 0 radical (unpaired) electrons. The number of unbranched alkanes of at least 4 members (excludes halogenated alkanes) is 25. The lowest BCUT2D eigenvalue weighted by Crippen LogP contribution is -2.45. The quantitative estimate of drug-likeness (QED) is 0.0253. The zero-order chi connectivity index (χ0) is 37.2. The lowest BCUT2D eigenvalue weighted by Gasteiger charge is -2.25. The van der Waals surface area contributed by atoms with Crippen molar-refractivity contribution in [2.75, 3.05) is 40.9 Å². The van der Waals surface area contributed by atoms with Crippen LogP contribution in [0.15, 0.2) is 12.2 Å². The van der Waals surface area contributed by atoms with Crippen LogP contribution in [-0.2, 0) is 18.4 Å². The molecule has 0 saturated heterocycles. The first-order valence-electron chi connectivity index (χ1n) is 21.1. The fourth-order valence-corrected chi connectivity index (χ4v) is 6.84. The largest absolute Gasteiger partial charge is 0.472 e. The maximum absolute atomic E-state index is 12.7. The Morgan fingerprint density at radius 2 is 1.06 bits per heavy atom. The molecule has 0 rings (SSSR count). The minimum absolute atomic E-state index is 0.0623. The summed E-state index contributed by atoms with van der Waals surface area (Å²) in [7, 11) is 1.57. The molecular weight excluding hydrogens is 647 g/mol. The molecule has 0 aliphatic heterocycles. The highest BCUT2D eigenvalue weighted by atomic mass is 31.2. The number of carbonyl (C=O) groups is 1. The fraction of sp³-hybridized carbons (Fsp3) is 0.927. The van der Waals surface area contributed by atoms with Gasteiger partial charge in [0.15, 0.2) is 0 Å². The summed E-state index contributed by atoms with van der Waals surface area (Å²) in [4.78, 5) is 22.7. The second-order valence-electron chi connectivity index (χ2n) is 15.7. The van der Waals surface area contributed by atoms with E-state index in [4.69, 9.17) is 9.05 Å². The van der Waals surface area contributed by atoms with Crippen molar-refractivity contribution in [1.82, 2.24) is 5.32 Å². The second-order valence-corrected chi connectivity index (χ2v) is 17.2. The Bertz CT molecular complexity index is 834. The number of phosphoric acid groups is 1. The Hall–Kier alpha value is -0.760. The molecule has 0 bridgehead atoms. The molecule has 0 aromatic carbocycles. The summed E-state index contributed by atoms with van der Waals surface area (Å²) in [6.45, 7) is 4.61. The van der Waals surface area contributed by atoms with E-state index in [9.17, 15) is 19.4 Å². The average molecular weight is 732 g/mol. The number of amides is 1. The molecule has 3 unspecified atom stereocenters. The molecule has 0 aliphatic carbocycles. The van der Waals surface area contributed by atoms with Gasteiger partial charge in [-0.2, -0.15) is 0 Å². The minimum Gasteiger partial charge on any atom is -0.387 e. The summed E-state index contributed by atoms with van der Waals surface area (Å²) in [5, 5.41) is 13.4. The Balaban J connectivity index is 3.83. The summed E-state index contributed by atoms with van der Waals surface area (Å²) in [6.07, 6.45) is 38.1. The highest BCUT2D eigenvalue weighted by Gasteiger charge is 2.27. The first-order valence-corrected chi connectivity index (χ1v) is 22.6. The van der Waals surface area contributed by atoms with Crippen molar-refractivity contribution in [3.05, 3.63) is 12.2 Å². The molecule has 0 spiro atoms. The Morgan fingerprint density at radius 1 is 0.660 bits per heavy atom. The predicted octanol–water partition coefficient (Wildman–Crippen LogP) is 11.2. The lowest BCUT2D eigenvalue weighted by molar-refractivity contribution is -0.870. The van der Waals surface area contributed by atoms with Crippen LogP contribution >= 0.6 is 7.82 Å². The number of aliphatic hydroxyl groups is 1. The van der Waals surface area contributed by atoms with Crippen molar-refractivity contribution < 1.29 is 32.9 Å². The Labute approximate surface area is 310 Å². The van der Waals surface area contributed by atoms with E-state index in [-0.39, 0.29) is 19.1 Å². The van der Waals surface area contributed by atoms with Gasteiger partial charge in [0.05, 0.1) is 39.9 Å². The number of nitrogens with one attached hydrogen (secondary N) is 1. The number of quaternary nitrogens is 1. The van der Waals surface area contributed by atoms with Crippen LogP contribution < -0.4 is 5.32 Å². The van der Waals surface area contributed by atoms with Gasteiger partial charge < -0.3 is 19.8 Å². The molecule has 0 aliphatic rings. The van der Waals surface area contributed by atoms with E-state index in [1.165, 1.54) is 141 Å². The fourth-order valence-electron chi connectivity index (χ4n) is 6.11. The highest BCUT2D eigenvalue weighted by Crippen LogP contribution is 2.43. The first-order chi connectivity index (χ1) is 24.0. The van der Waals surface area contributed by atoms with Gasteiger partial charge >= 0.3 is 7.82 Å². The molecule has 3 atom stereocenters. The van der Waals surface area contributed by atoms with Crippen molar-refractivity contribution in [3.63, 3.8) is 0 Å². The lowest BCUT2D eigenvalue weighted by atomic mass is 10.0. The van der Waals surface area contributed by atoms with Gasteiger partial charge in [0, 0.05) is 6.42 Å². The smallest absolute Gasteiger partial charge is 0.387 e. The number of allylic oxidation sites excluding steroid dienone is 1. The van der Waals surface area contributed by atoms with Crippen LogP contribution in [0.2, 0.25) is 0 Å². The highest BCUT2D eigenvalue weighted by molar-refractivity contribution is 7.47. The van der Waals surface area contributed by atoms with Gasteiger partial charge in [0.1, 0.15) is 13.2 Å². The molecule has 298 valence electrons. The van der Waals surface area contributed by atoms with Crippen molar-refractivity contribution >= 4 is 13.7 Å². The van der Waals surface area contributed by atoms with Gasteiger partial charge in [-0.1, -0.05) is 187 Å². The third-order valence-electron chi connectivity index (χ3n) is 9.49. The van der Waals surface area contributed by atoms with Crippen molar-refractivity contribution in [2.45, 2.75) is 206 Å². The van der Waals surface area contributed by atoms with E-state index in [2.05, 4.69) is 12.2 Å². The number of phosphoric ester groups is 1. The maximum Gasteiger partial charge on any atom is 0.472 e. The van der Waals surface area contributed by atoms with E-state index < -0.39 is 20.0 Å². The van der Waals surface area contributed by atoms with E-state index in [1.54, 1.807) is 6.08 Å². The number of aliphatic hydroxyl groups excluding tert-OH is 1. The van der Waals surface area contributed by atoms with Gasteiger partial charge in [-0.3, -0.25) is 13.8 Å². The molecule has 3 N–H and O–H groups in total. The molecule has 8 nitrogen and oxygen atoms in total. The molecule has 0 fully saturated rings. The van der Waals surface area contributed by atoms with E-state index in [0.717, 1.165) is 32.1 Å². The predicted molar refractivity (Wildman–Crippen MR) is 212 cm³/mol. The summed E-state index contributed by atoms with van der Waals surface area (Å²) in [6, 6.07) is -0.836. The van der Waals surface area contributed by atoms with Crippen molar-refractivity contribution in [3.8, 4) is 0 Å². The van der Waals surface area contributed by atoms with Crippen LogP contribution in [-0.4, -0.2) is 73.4 Å². The number of hydrogen-bond donors (Lipinski definition) is 3. The third kappa shape index (κ3) is 35.6.